The fraction of sp³-hybridized carbons (Fsp3) is 0.571. The maximum Gasteiger partial charge on any atom is 0.0207 e. The highest BCUT2D eigenvalue weighted by atomic mass is 79.9. The van der Waals surface area contributed by atoms with E-state index in [1.54, 1.807) is 0 Å². The van der Waals surface area contributed by atoms with Gasteiger partial charge in [-0.2, -0.15) is 0 Å². The summed E-state index contributed by atoms with van der Waals surface area (Å²) in [5, 5.41) is 0. The number of benzene rings is 1. The summed E-state index contributed by atoms with van der Waals surface area (Å²) < 4.78 is 1.24. The molecule has 2 atom stereocenters. The first-order valence-electron chi connectivity index (χ1n) is 6.24. The van der Waals surface area contributed by atoms with Gasteiger partial charge < -0.3 is 5.73 Å². The third-order valence-corrected chi connectivity index (χ3v) is 4.31. The van der Waals surface area contributed by atoms with Gasteiger partial charge in [-0.05, 0) is 36.8 Å². The molecule has 0 saturated heterocycles. The zero-order valence-corrected chi connectivity index (χ0v) is 11.2. The van der Waals surface area contributed by atoms with Crippen LogP contribution >= 0.6 is 15.9 Å². The monoisotopic (exact) mass is 281 g/mol. The number of nitrogens with two attached hydrogens (primary N) is 1. The summed E-state index contributed by atoms with van der Waals surface area (Å²) in [4.78, 5) is 0. The summed E-state index contributed by atoms with van der Waals surface area (Å²) in [6.07, 6.45) is 7.59. The lowest BCUT2D eigenvalue weighted by Crippen LogP contribution is -2.22. The van der Waals surface area contributed by atoms with E-state index in [9.17, 15) is 0 Å². The summed E-state index contributed by atoms with van der Waals surface area (Å²) >= 11 is 3.63. The van der Waals surface area contributed by atoms with Crippen molar-refractivity contribution in [3.8, 4) is 0 Å². The largest absolute Gasteiger partial charge is 0.328 e. The maximum absolute atomic E-state index is 6.11. The maximum atomic E-state index is 6.11. The molecule has 0 radical (unpaired) electrons. The van der Waals surface area contributed by atoms with Crippen molar-refractivity contribution in [1.29, 1.82) is 0 Å². The predicted octanol–water partition coefficient (Wildman–Crippen LogP) is 3.90. The quantitative estimate of drug-likeness (QED) is 0.818. The fourth-order valence-corrected chi connectivity index (χ4v) is 3.11. The van der Waals surface area contributed by atoms with E-state index in [0.29, 0.717) is 6.04 Å². The lowest BCUT2D eigenvalue weighted by molar-refractivity contribution is 0.430. The molecule has 1 aromatic carbocycles. The van der Waals surface area contributed by atoms with E-state index in [1.165, 1.54) is 48.6 Å². The van der Waals surface area contributed by atoms with E-state index in [2.05, 4.69) is 40.2 Å². The summed E-state index contributed by atoms with van der Waals surface area (Å²) in [6.45, 7) is 0. The zero-order valence-electron chi connectivity index (χ0n) is 9.66. The summed E-state index contributed by atoms with van der Waals surface area (Å²) in [5.74, 6) is 0.774. The van der Waals surface area contributed by atoms with Crippen LogP contribution in [0.5, 0.6) is 0 Å². The predicted molar refractivity (Wildman–Crippen MR) is 72.4 cm³/mol. The van der Waals surface area contributed by atoms with Gasteiger partial charge in [0.15, 0.2) is 0 Å². The molecule has 1 saturated carbocycles. The minimum absolute atomic E-state index is 0.426. The number of hydrogen-bond acceptors (Lipinski definition) is 1. The number of rotatable bonds is 2. The summed E-state index contributed by atoms with van der Waals surface area (Å²) in [6, 6.07) is 8.98. The Balaban J connectivity index is 2.00. The van der Waals surface area contributed by atoms with E-state index in [1.807, 2.05) is 0 Å². The van der Waals surface area contributed by atoms with Crippen molar-refractivity contribution in [3.05, 3.63) is 34.3 Å². The Bertz CT molecular complexity index is 337. The zero-order chi connectivity index (χ0) is 11.4. The van der Waals surface area contributed by atoms with Crippen molar-refractivity contribution in [3.63, 3.8) is 0 Å². The second-order valence-corrected chi connectivity index (χ2v) is 5.80. The first kappa shape index (κ1) is 12.1. The highest BCUT2D eigenvalue weighted by Crippen LogP contribution is 2.28. The third-order valence-electron chi connectivity index (χ3n) is 3.54. The fourth-order valence-electron chi connectivity index (χ4n) is 2.66. The van der Waals surface area contributed by atoms with Crippen molar-refractivity contribution in [2.24, 2.45) is 11.7 Å². The number of hydrogen-bond donors (Lipinski definition) is 1. The Hall–Kier alpha value is -0.340. The van der Waals surface area contributed by atoms with Crippen LogP contribution in [0.15, 0.2) is 28.7 Å². The van der Waals surface area contributed by atoms with Crippen LogP contribution in [-0.2, 0) is 6.42 Å². The van der Waals surface area contributed by atoms with Crippen LogP contribution in [0.3, 0.4) is 0 Å². The Morgan fingerprint density at radius 2 is 1.94 bits per heavy atom. The molecule has 0 spiro atoms. The van der Waals surface area contributed by atoms with Gasteiger partial charge in [0.05, 0.1) is 0 Å². The van der Waals surface area contributed by atoms with Gasteiger partial charge in [0.25, 0.3) is 0 Å². The van der Waals surface area contributed by atoms with E-state index in [-0.39, 0.29) is 0 Å². The van der Waals surface area contributed by atoms with Crippen molar-refractivity contribution < 1.29 is 0 Å². The Morgan fingerprint density at radius 1 is 1.19 bits per heavy atom. The molecule has 2 N–H and O–H groups in total. The topological polar surface area (TPSA) is 26.0 Å². The highest BCUT2D eigenvalue weighted by molar-refractivity contribution is 9.10. The van der Waals surface area contributed by atoms with E-state index in [0.717, 1.165) is 5.92 Å². The lowest BCUT2D eigenvalue weighted by Gasteiger charge is -2.17. The Morgan fingerprint density at radius 3 is 2.75 bits per heavy atom. The van der Waals surface area contributed by atoms with Gasteiger partial charge in [-0.1, -0.05) is 53.4 Å². The minimum atomic E-state index is 0.426. The normalized spacial score (nSPS) is 26.4. The van der Waals surface area contributed by atoms with Gasteiger partial charge in [0, 0.05) is 10.5 Å². The molecule has 1 aromatic rings. The second kappa shape index (κ2) is 5.83. The molecule has 2 heteroatoms. The van der Waals surface area contributed by atoms with Crippen LogP contribution in [0.25, 0.3) is 0 Å². The van der Waals surface area contributed by atoms with Crippen molar-refractivity contribution in [2.45, 2.75) is 44.6 Å². The lowest BCUT2D eigenvalue weighted by atomic mass is 9.91. The van der Waals surface area contributed by atoms with Crippen LogP contribution in [0.1, 0.15) is 37.7 Å². The molecule has 1 aliphatic carbocycles. The molecule has 88 valence electrons. The van der Waals surface area contributed by atoms with Gasteiger partial charge >= 0.3 is 0 Å². The molecule has 2 rings (SSSR count). The Labute approximate surface area is 107 Å². The average molecular weight is 282 g/mol. The van der Waals surface area contributed by atoms with E-state index in [4.69, 9.17) is 5.73 Å². The van der Waals surface area contributed by atoms with E-state index < -0.39 is 0 Å². The first-order valence-corrected chi connectivity index (χ1v) is 7.04. The molecular formula is C14H20BrN. The Kier molecular flexibility index (Phi) is 4.42. The molecule has 0 amide bonds. The molecule has 0 heterocycles. The van der Waals surface area contributed by atoms with Crippen molar-refractivity contribution in [2.75, 3.05) is 0 Å². The molecule has 16 heavy (non-hydrogen) atoms. The standard InChI is InChI=1S/C14H20BrN/c15-14-8-4-2-6-12(14)9-11-5-1-3-7-13(16)10-11/h2,4,6,8,11,13H,1,3,5,7,9-10,16H2. The molecular weight excluding hydrogens is 262 g/mol. The number of halogens is 1. The van der Waals surface area contributed by atoms with Gasteiger partial charge in [0.2, 0.25) is 0 Å². The molecule has 2 unspecified atom stereocenters. The molecule has 0 aliphatic heterocycles. The first-order chi connectivity index (χ1) is 7.75. The minimum Gasteiger partial charge on any atom is -0.328 e. The van der Waals surface area contributed by atoms with Gasteiger partial charge in [-0.25, -0.2) is 0 Å². The van der Waals surface area contributed by atoms with Gasteiger partial charge in [-0.3, -0.25) is 0 Å². The van der Waals surface area contributed by atoms with Crippen LogP contribution in [0, 0.1) is 5.92 Å². The van der Waals surface area contributed by atoms with Crippen LogP contribution in [0.4, 0.5) is 0 Å². The van der Waals surface area contributed by atoms with Crippen LogP contribution in [-0.4, -0.2) is 6.04 Å². The van der Waals surface area contributed by atoms with Gasteiger partial charge in [-0.15, -0.1) is 0 Å². The summed E-state index contributed by atoms with van der Waals surface area (Å²) in [7, 11) is 0. The van der Waals surface area contributed by atoms with Crippen LogP contribution in [0.2, 0.25) is 0 Å². The van der Waals surface area contributed by atoms with Crippen molar-refractivity contribution in [1.82, 2.24) is 0 Å². The average Bonchev–Trinajstić information content (AvgIpc) is 2.46. The molecule has 1 fully saturated rings. The van der Waals surface area contributed by atoms with Gasteiger partial charge in [0.1, 0.15) is 0 Å². The molecule has 0 aromatic heterocycles. The smallest absolute Gasteiger partial charge is 0.0207 e. The summed E-state index contributed by atoms with van der Waals surface area (Å²) in [5.41, 5.74) is 7.54. The third kappa shape index (κ3) is 3.33. The SMILES string of the molecule is NC1CCCCC(Cc2ccccc2Br)C1. The van der Waals surface area contributed by atoms with Crippen molar-refractivity contribution >= 4 is 15.9 Å². The van der Waals surface area contributed by atoms with Crippen LogP contribution < -0.4 is 5.73 Å². The molecule has 0 bridgehead atoms. The van der Waals surface area contributed by atoms with E-state index >= 15 is 0 Å². The molecule has 1 nitrogen and oxygen atoms in total. The molecule has 1 aliphatic rings. The highest BCUT2D eigenvalue weighted by Gasteiger charge is 2.18. The second-order valence-electron chi connectivity index (χ2n) is 4.94.